The molecular weight excluding hydrogens is 208 g/mol. The number of nitro groups is 1. The Morgan fingerprint density at radius 1 is 1.50 bits per heavy atom. The highest BCUT2D eigenvalue weighted by molar-refractivity contribution is 7.71. The van der Waals surface area contributed by atoms with Crippen LogP contribution in [0.5, 0.6) is 0 Å². The van der Waals surface area contributed by atoms with Gasteiger partial charge in [-0.3, -0.25) is 20.3 Å². The Hall–Kier alpha value is -1.96. The van der Waals surface area contributed by atoms with Crippen LogP contribution < -0.4 is 0 Å². The number of rotatable bonds is 2. The van der Waals surface area contributed by atoms with Crippen LogP contribution in [0.25, 0.3) is 11.6 Å². The summed E-state index contributed by atoms with van der Waals surface area (Å²) in [5.74, 6) is 0.273. The topological polar surface area (TPSA) is 101 Å². The third-order valence-corrected chi connectivity index (χ3v) is 1.70. The van der Waals surface area contributed by atoms with Gasteiger partial charge in [-0.25, -0.2) is 0 Å². The van der Waals surface area contributed by atoms with Crippen LogP contribution in [0.15, 0.2) is 16.5 Å². The number of H-pyrrole nitrogens is 2. The van der Waals surface area contributed by atoms with Crippen LogP contribution in [0.3, 0.4) is 0 Å². The molecule has 0 fully saturated rings. The number of hydrogen-bond donors (Lipinski definition) is 2. The zero-order valence-corrected chi connectivity index (χ0v) is 7.50. The van der Waals surface area contributed by atoms with Gasteiger partial charge in [0.1, 0.15) is 4.92 Å². The number of nitrogens with one attached hydrogen (secondary N) is 2. The molecule has 0 amide bonds. The van der Waals surface area contributed by atoms with E-state index < -0.39 is 4.92 Å². The highest BCUT2D eigenvalue weighted by atomic mass is 32.1. The van der Waals surface area contributed by atoms with Crippen molar-refractivity contribution in [3.8, 4) is 11.6 Å². The van der Waals surface area contributed by atoms with Crippen LogP contribution in [0, 0.1) is 14.9 Å². The van der Waals surface area contributed by atoms with Crippen LogP contribution >= 0.6 is 12.2 Å². The average Bonchev–Trinajstić information content (AvgIpc) is 2.70. The van der Waals surface area contributed by atoms with E-state index in [0.717, 1.165) is 0 Å². The Labute approximate surface area is 81.9 Å². The molecule has 0 bridgehead atoms. The van der Waals surface area contributed by atoms with E-state index >= 15 is 0 Å². The van der Waals surface area contributed by atoms with E-state index in [9.17, 15) is 10.1 Å². The summed E-state index contributed by atoms with van der Waals surface area (Å²) in [6.07, 6.45) is 0. The summed E-state index contributed by atoms with van der Waals surface area (Å²) in [5.41, 5.74) is 0. The van der Waals surface area contributed by atoms with Crippen molar-refractivity contribution < 1.29 is 9.34 Å². The lowest BCUT2D eigenvalue weighted by molar-refractivity contribution is -0.401. The lowest BCUT2D eigenvalue weighted by Gasteiger charge is -1.85. The van der Waals surface area contributed by atoms with Crippen molar-refractivity contribution in [3.63, 3.8) is 0 Å². The normalized spacial score (nSPS) is 10.3. The zero-order valence-electron chi connectivity index (χ0n) is 6.68. The second-order valence-corrected chi connectivity index (χ2v) is 2.80. The molecule has 14 heavy (non-hydrogen) atoms. The molecule has 2 aromatic heterocycles. The second-order valence-electron chi connectivity index (χ2n) is 2.41. The van der Waals surface area contributed by atoms with Gasteiger partial charge >= 0.3 is 5.88 Å². The maximum absolute atomic E-state index is 10.3. The van der Waals surface area contributed by atoms with Crippen molar-refractivity contribution in [2.45, 2.75) is 0 Å². The largest absolute Gasteiger partial charge is 0.433 e. The SMILES string of the molecule is O=[N+]([O-])c1ccc(-c2nc(=S)[nH][nH]2)o1. The van der Waals surface area contributed by atoms with Gasteiger partial charge in [0.05, 0.1) is 6.07 Å². The van der Waals surface area contributed by atoms with Gasteiger partial charge in [-0.2, -0.15) is 4.98 Å². The van der Waals surface area contributed by atoms with E-state index in [4.69, 9.17) is 16.6 Å². The first-order valence-corrected chi connectivity index (χ1v) is 3.97. The summed E-state index contributed by atoms with van der Waals surface area (Å²) in [6.45, 7) is 0. The first kappa shape index (κ1) is 8.63. The van der Waals surface area contributed by atoms with Gasteiger partial charge in [0.15, 0.2) is 11.6 Å². The number of nitrogens with zero attached hydrogens (tertiary/aromatic N) is 2. The van der Waals surface area contributed by atoms with Crippen LogP contribution in [0.4, 0.5) is 5.88 Å². The van der Waals surface area contributed by atoms with Crippen molar-refractivity contribution in [2.75, 3.05) is 0 Å². The standard InChI is InChI=1S/C6H4N4O3S/c11-10(12)4-2-1-3(13-4)5-7-6(14)9-8-5/h1-2H,(H2,7,8,9,14). The summed E-state index contributed by atoms with van der Waals surface area (Å²) >= 11 is 4.72. The summed E-state index contributed by atoms with van der Waals surface area (Å²) in [5, 5.41) is 15.5. The van der Waals surface area contributed by atoms with Crippen molar-refractivity contribution in [3.05, 3.63) is 27.0 Å². The van der Waals surface area contributed by atoms with Gasteiger partial charge in [-0.1, -0.05) is 0 Å². The molecule has 7 nitrogen and oxygen atoms in total. The zero-order chi connectivity index (χ0) is 10.1. The molecule has 0 aromatic carbocycles. The lowest BCUT2D eigenvalue weighted by atomic mass is 10.4. The fourth-order valence-electron chi connectivity index (χ4n) is 0.940. The predicted octanol–water partition coefficient (Wildman–Crippen LogP) is 1.64. The molecule has 0 radical (unpaired) electrons. The van der Waals surface area contributed by atoms with Crippen LogP contribution in [0.1, 0.15) is 0 Å². The minimum atomic E-state index is -0.620. The maximum Gasteiger partial charge on any atom is 0.433 e. The molecule has 0 aliphatic heterocycles. The average molecular weight is 212 g/mol. The molecule has 2 N–H and O–H groups in total. The molecule has 0 saturated heterocycles. The minimum Gasteiger partial charge on any atom is -0.397 e. The Morgan fingerprint density at radius 2 is 2.29 bits per heavy atom. The quantitative estimate of drug-likeness (QED) is 0.447. The third-order valence-electron chi connectivity index (χ3n) is 1.51. The molecule has 0 atom stereocenters. The molecule has 72 valence electrons. The number of aromatic nitrogens is 3. The summed E-state index contributed by atoms with van der Waals surface area (Å²) < 4.78 is 5.15. The predicted molar refractivity (Wildman–Crippen MR) is 48.1 cm³/mol. The van der Waals surface area contributed by atoms with Gasteiger partial charge in [0, 0.05) is 0 Å². The molecule has 0 saturated carbocycles. The monoisotopic (exact) mass is 212 g/mol. The van der Waals surface area contributed by atoms with E-state index in [1.165, 1.54) is 12.1 Å². The van der Waals surface area contributed by atoms with Crippen molar-refractivity contribution >= 4 is 18.1 Å². The number of hydrogen-bond acceptors (Lipinski definition) is 5. The fourth-order valence-corrected chi connectivity index (χ4v) is 1.08. The van der Waals surface area contributed by atoms with Crippen molar-refractivity contribution in [1.82, 2.24) is 15.2 Å². The highest BCUT2D eigenvalue weighted by Gasteiger charge is 2.14. The maximum atomic E-state index is 10.3. The molecule has 0 spiro atoms. The number of aromatic amines is 2. The molecule has 0 aliphatic rings. The Balaban J connectivity index is 2.43. The van der Waals surface area contributed by atoms with Gasteiger partial charge in [-0.05, 0) is 18.3 Å². The summed E-state index contributed by atoms with van der Waals surface area (Å²) in [6, 6.07) is 2.69. The lowest BCUT2D eigenvalue weighted by Crippen LogP contribution is -1.83. The molecular formula is C6H4N4O3S. The van der Waals surface area contributed by atoms with Crippen molar-refractivity contribution in [2.24, 2.45) is 0 Å². The smallest absolute Gasteiger partial charge is 0.397 e. The molecule has 8 heteroatoms. The molecule has 0 aliphatic carbocycles. The molecule has 2 rings (SSSR count). The van der Waals surface area contributed by atoms with Crippen LogP contribution in [0.2, 0.25) is 0 Å². The van der Waals surface area contributed by atoms with Crippen LogP contribution in [-0.4, -0.2) is 20.1 Å². The van der Waals surface area contributed by atoms with Gasteiger partial charge < -0.3 is 4.42 Å². The Bertz CT molecular complexity index is 525. The van der Waals surface area contributed by atoms with Gasteiger partial charge in [0.2, 0.25) is 4.77 Å². The highest BCUT2D eigenvalue weighted by Crippen LogP contribution is 2.22. The first-order valence-electron chi connectivity index (χ1n) is 3.56. The van der Waals surface area contributed by atoms with E-state index in [-0.39, 0.29) is 16.4 Å². The second kappa shape index (κ2) is 3.07. The van der Waals surface area contributed by atoms with E-state index in [1.54, 1.807) is 0 Å². The Morgan fingerprint density at radius 3 is 2.79 bits per heavy atom. The molecule has 2 heterocycles. The fraction of sp³-hybridized carbons (Fsp3) is 0. The Kier molecular flexibility index (Phi) is 1.89. The molecule has 0 unspecified atom stereocenters. The van der Waals surface area contributed by atoms with Crippen molar-refractivity contribution in [1.29, 1.82) is 0 Å². The van der Waals surface area contributed by atoms with Crippen LogP contribution in [-0.2, 0) is 0 Å². The summed E-state index contributed by atoms with van der Waals surface area (Å²) in [7, 11) is 0. The molecule has 2 aromatic rings. The summed E-state index contributed by atoms with van der Waals surface area (Å²) in [4.78, 5) is 13.5. The number of furan rings is 1. The van der Waals surface area contributed by atoms with Gasteiger partial charge in [-0.15, -0.1) is 0 Å². The minimum absolute atomic E-state index is 0.263. The van der Waals surface area contributed by atoms with E-state index in [0.29, 0.717) is 5.82 Å². The van der Waals surface area contributed by atoms with E-state index in [2.05, 4.69) is 15.2 Å². The first-order chi connectivity index (χ1) is 6.66. The van der Waals surface area contributed by atoms with Gasteiger partial charge in [0.25, 0.3) is 0 Å². The van der Waals surface area contributed by atoms with E-state index in [1.807, 2.05) is 0 Å². The third kappa shape index (κ3) is 1.42.